The fourth-order valence-corrected chi connectivity index (χ4v) is 3.55. The number of nitrogens with two attached hydrogens (primary N) is 1. The van der Waals surface area contributed by atoms with E-state index in [1.54, 1.807) is 0 Å². The highest BCUT2D eigenvalue weighted by Crippen LogP contribution is 2.18. The van der Waals surface area contributed by atoms with Gasteiger partial charge in [-0.05, 0) is 46.7 Å². The first-order chi connectivity index (χ1) is 9.67. The highest BCUT2D eigenvalue weighted by atomic mass is 28.3. The van der Waals surface area contributed by atoms with Gasteiger partial charge in [0.25, 0.3) is 0 Å². The van der Waals surface area contributed by atoms with E-state index in [1.807, 2.05) is 27.7 Å². The average Bonchev–Trinajstić information content (AvgIpc) is 2.43. The molecule has 6 nitrogen and oxygen atoms in total. The molecule has 0 aliphatic rings. The Morgan fingerprint density at radius 3 is 1.80 bits per heavy atom. The number of hydrogen-bond donors (Lipinski definition) is 1. The van der Waals surface area contributed by atoms with E-state index in [9.17, 15) is 0 Å². The molecule has 0 aliphatic carbocycles. The van der Waals surface area contributed by atoms with E-state index in [-0.39, 0.29) is 6.61 Å². The quantitative estimate of drug-likeness (QED) is 0.386. The van der Waals surface area contributed by atoms with Crippen molar-refractivity contribution in [1.82, 2.24) is 0 Å². The minimum absolute atomic E-state index is 0.226. The second-order valence-corrected chi connectivity index (χ2v) is 6.21. The van der Waals surface area contributed by atoms with Crippen molar-refractivity contribution in [3.05, 3.63) is 0 Å². The van der Waals surface area contributed by atoms with Gasteiger partial charge in [0.15, 0.2) is 0 Å². The minimum atomic E-state index is -1.75. The Hall–Kier alpha value is -0.0231. The molecule has 0 heterocycles. The van der Waals surface area contributed by atoms with Gasteiger partial charge in [-0.3, -0.25) is 0 Å². The number of rotatable bonds is 14. The third-order valence-corrected chi connectivity index (χ3v) is 4.66. The summed E-state index contributed by atoms with van der Waals surface area (Å²) >= 11 is 0. The van der Waals surface area contributed by atoms with Crippen molar-refractivity contribution < 1.29 is 23.1 Å². The number of hydrogen-bond acceptors (Lipinski definition) is 6. The zero-order valence-corrected chi connectivity index (χ0v) is 14.5. The molecule has 7 heteroatoms. The van der Waals surface area contributed by atoms with Crippen LogP contribution >= 0.6 is 0 Å². The second kappa shape index (κ2) is 12.7. The lowest BCUT2D eigenvalue weighted by Gasteiger charge is -2.33. The van der Waals surface area contributed by atoms with Crippen molar-refractivity contribution in [2.45, 2.75) is 46.1 Å². The zero-order valence-electron chi connectivity index (χ0n) is 13.4. The summed E-state index contributed by atoms with van der Waals surface area (Å²) in [5.41, 5.74) is 5.54. The predicted molar refractivity (Wildman–Crippen MR) is 80.8 cm³/mol. The molecule has 122 valence electrons. The van der Waals surface area contributed by atoms with Gasteiger partial charge in [0, 0.05) is 26.4 Å². The SMILES string of the molecule is CCO[SiH](CCCN)OCC(OCC)(OCC)OCC. The van der Waals surface area contributed by atoms with Gasteiger partial charge in [0.1, 0.15) is 6.61 Å². The fourth-order valence-electron chi connectivity index (χ4n) is 1.79. The third-order valence-electron chi connectivity index (χ3n) is 2.54. The van der Waals surface area contributed by atoms with Gasteiger partial charge < -0.3 is 28.8 Å². The van der Waals surface area contributed by atoms with Crippen molar-refractivity contribution >= 4 is 9.28 Å². The van der Waals surface area contributed by atoms with Crippen molar-refractivity contribution in [2.24, 2.45) is 5.73 Å². The Morgan fingerprint density at radius 1 is 0.850 bits per heavy atom. The monoisotopic (exact) mass is 309 g/mol. The van der Waals surface area contributed by atoms with E-state index in [2.05, 4.69) is 0 Å². The van der Waals surface area contributed by atoms with Gasteiger partial charge in [-0.15, -0.1) is 0 Å². The lowest BCUT2D eigenvalue weighted by Crippen LogP contribution is -2.46. The van der Waals surface area contributed by atoms with Crippen LogP contribution in [0.5, 0.6) is 0 Å². The molecule has 0 aliphatic heterocycles. The van der Waals surface area contributed by atoms with Crippen LogP contribution in [0.3, 0.4) is 0 Å². The summed E-state index contributed by atoms with van der Waals surface area (Å²) in [6.07, 6.45) is 0.905. The Bertz CT molecular complexity index is 204. The molecule has 0 amide bonds. The molecule has 0 saturated heterocycles. The summed E-state index contributed by atoms with van der Waals surface area (Å²) in [6, 6.07) is 0.880. The molecule has 0 aromatic rings. The third kappa shape index (κ3) is 8.31. The normalized spacial score (nSPS) is 13.7. The first-order valence-electron chi connectivity index (χ1n) is 7.53. The molecule has 0 radical (unpaired) electrons. The van der Waals surface area contributed by atoms with Crippen molar-refractivity contribution in [2.75, 3.05) is 39.6 Å². The van der Waals surface area contributed by atoms with Gasteiger partial charge in [0.05, 0.1) is 0 Å². The van der Waals surface area contributed by atoms with E-state index < -0.39 is 15.3 Å². The van der Waals surface area contributed by atoms with Crippen LogP contribution < -0.4 is 5.73 Å². The molecule has 0 aromatic heterocycles. The van der Waals surface area contributed by atoms with E-state index in [0.717, 1.165) is 12.5 Å². The molecule has 0 bridgehead atoms. The molecular weight excluding hydrogens is 278 g/mol. The molecule has 20 heavy (non-hydrogen) atoms. The Labute approximate surface area is 124 Å². The smallest absolute Gasteiger partial charge is 0.321 e. The average molecular weight is 309 g/mol. The number of ether oxygens (including phenoxy) is 3. The summed E-state index contributed by atoms with van der Waals surface area (Å²) in [5, 5.41) is 0. The van der Waals surface area contributed by atoms with Crippen LogP contribution in [0, 0.1) is 0 Å². The zero-order chi connectivity index (χ0) is 15.3. The summed E-state index contributed by atoms with van der Waals surface area (Å²) in [5.74, 6) is -1.12. The van der Waals surface area contributed by atoms with Gasteiger partial charge >= 0.3 is 15.3 Å². The molecule has 1 unspecified atom stereocenters. The lowest BCUT2D eigenvalue weighted by molar-refractivity contribution is -0.386. The van der Waals surface area contributed by atoms with Gasteiger partial charge in [-0.25, -0.2) is 0 Å². The summed E-state index contributed by atoms with van der Waals surface area (Å²) in [6.45, 7) is 10.7. The van der Waals surface area contributed by atoms with E-state index >= 15 is 0 Å². The van der Waals surface area contributed by atoms with Crippen LogP contribution in [0.25, 0.3) is 0 Å². The Morgan fingerprint density at radius 2 is 1.40 bits per heavy atom. The first kappa shape index (κ1) is 20.0. The van der Waals surface area contributed by atoms with Crippen LogP contribution in [0.2, 0.25) is 6.04 Å². The van der Waals surface area contributed by atoms with Gasteiger partial charge in [0.2, 0.25) is 0 Å². The molecule has 0 aromatic carbocycles. The Kier molecular flexibility index (Phi) is 12.7. The van der Waals surface area contributed by atoms with Crippen LogP contribution in [0.1, 0.15) is 34.1 Å². The lowest BCUT2D eigenvalue weighted by atomic mass is 10.5. The molecule has 0 spiro atoms. The summed E-state index contributed by atoms with van der Waals surface area (Å²) < 4.78 is 28.4. The maximum atomic E-state index is 5.89. The highest BCUT2D eigenvalue weighted by molar-refractivity contribution is 6.44. The maximum Gasteiger partial charge on any atom is 0.321 e. The van der Waals surface area contributed by atoms with Gasteiger partial charge in [-0.1, -0.05) is 0 Å². The predicted octanol–water partition coefficient (Wildman–Crippen LogP) is 1.37. The fraction of sp³-hybridized carbons (Fsp3) is 1.00. The van der Waals surface area contributed by atoms with E-state index in [1.165, 1.54) is 0 Å². The van der Waals surface area contributed by atoms with Crippen molar-refractivity contribution in [3.8, 4) is 0 Å². The van der Waals surface area contributed by atoms with Crippen LogP contribution in [0.4, 0.5) is 0 Å². The van der Waals surface area contributed by atoms with Crippen molar-refractivity contribution in [3.63, 3.8) is 0 Å². The van der Waals surface area contributed by atoms with Crippen LogP contribution in [-0.2, 0) is 23.1 Å². The largest absolute Gasteiger partial charge is 0.397 e. The van der Waals surface area contributed by atoms with Crippen molar-refractivity contribution in [1.29, 1.82) is 0 Å². The Balaban J connectivity index is 4.50. The summed E-state index contributed by atoms with van der Waals surface area (Å²) in [4.78, 5) is 0. The first-order valence-corrected chi connectivity index (χ1v) is 9.28. The van der Waals surface area contributed by atoms with E-state index in [4.69, 9.17) is 28.8 Å². The second-order valence-electron chi connectivity index (χ2n) is 4.11. The van der Waals surface area contributed by atoms with Gasteiger partial charge in [-0.2, -0.15) is 0 Å². The summed E-state index contributed by atoms with van der Waals surface area (Å²) in [7, 11) is -1.75. The maximum absolute atomic E-state index is 5.89. The standard InChI is InChI=1S/C13H31NO5Si/c1-5-15-13(16-6-2,17-7-3)12-19-20(18-8-4)11-9-10-14/h20H,5-12,14H2,1-4H3. The molecular formula is C13H31NO5Si. The molecule has 0 saturated carbocycles. The molecule has 0 rings (SSSR count). The molecule has 2 N–H and O–H groups in total. The molecule has 0 fully saturated rings. The highest BCUT2D eigenvalue weighted by Gasteiger charge is 2.34. The van der Waals surface area contributed by atoms with E-state index in [0.29, 0.717) is 33.0 Å². The van der Waals surface area contributed by atoms with Crippen LogP contribution in [0.15, 0.2) is 0 Å². The minimum Gasteiger partial charge on any atom is -0.397 e. The molecule has 1 atom stereocenters. The van der Waals surface area contributed by atoms with Crippen LogP contribution in [-0.4, -0.2) is 54.8 Å². The topological polar surface area (TPSA) is 72.2 Å².